The van der Waals surface area contributed by atoms with Crippen molar-refractivity contribution in [2.75, 3.05) is 0 Å². The van der Waals surface area contributed by atoms with Crippen molar-refractivity contribution < 1.29 is 9.31 Å². The molecule has 7 nitrogen and oxygen atoms in total. The van der Waals surface area contributed by atoms with Crippen molar-refractivity contribution in [3.8, 4) is 5.69 Å². The summed E-state index contributed by atoms with van der Waals surface area (Å²) >= 11 is 0. The number of allylic oxidation sites excluding steroid dienone is 4. The molecule has 7 rings (SSSR count). The fraction of sp³-hybridized carbons (Fsp3) is 0.625. The number of aromatic nitrogens is 3. The third-order valence-electron chi connectivity index (χ3n) is 10.9. The second kappa shape index (κ2) is 9.22. The Morgan fingerprint density at radius 3 is 2.17 bits per heavy atom. The molecular weight excluding hydrogens is 501 g/mol. The van der Waals surface area contributed by atoms with Crippen molar-refractivity contribution in [3.63, 3.8) is 0 Å². The van der Waals surface area contributed by atoms with Gasteiger partial charge in [-0.25, -0.2) is 23.5 Å². The molecule has 3 unspecified atom stereocenters. The molecule has 0 N–H and O–H groups in total. The van der Waals surface area contributed by atoms with Crippen molar-refractivity contribution in [2.45, 2.75) is 103 Å². The number of hydrogen-bond donors (Lipinski definition) is 0. The summed E-state index contributed by atoms with van der Waals surface area (Å²) in [6, 6.07) is 8.45. The highest BCUT2D eigenvalue weighted by Crippen LogP contribution is 2.69. The Bertz CT molecular complexity index is 1460. The fourth-order valence-electron chi connectivity index (χ4n) is 8.27. The van der Waals surface area contributed by atoms with Crippen molar-refractivity contribution in [3.05, 3.63) is 75.1 Å². The summed E-state index contributed by atoms with van der Waals surface area (Å²) in [4.78, 5) is 28.3. The summed E-state index contributed by atoms with van der Waals surface area (Å²) in [6.07, 6.45) is 9.81. The Kier molecular flexibility index (Phi) is 6.36. The molecule has 2 fully saturated rings. The van der Waals surface area contributed by atoms with Gasteiger partial charge in [0.05, 0.1) is 34.3 Å². The van der Waals surface area contributed by atoms with Crippen LogP contribution in [0.1, 0.15) is 86.7 Å². The maximum absolute atomic E-state index is 14.3. The van der Waals surface area contributed by atoms with E-state index in [2.05, 4.69) is 73.6 Å². The van der Waals surface area contributed by atoms with E-state index in [9.17, 15) is 9.59 Å². The lowest BCUT2D eigenvalue weighted by atomic mass is 9.38. The third-order valence-corrected chi connectivity index (χ3v) is 10.9. The van der Waals surface area contributed by atoms with Crippen LogP contribution in [0.5, 0.6) is 0 Å². The molecule has 1 aromatic heterocycles. The van der Waals surface area contributed by atoms with Gasteiger partial charge in [-0.1, -0.05) is 63.6 Å². The number of para-hydroxylation sites is 1. The number of hydrogen-bond acceptors (Lipinski definition) is 4. The summed E-state index contributed by atoms with van der Waals surface area (Å²) in [6.45, 7) is 17.5. The van der Waals surface area contributed by atoms with E-state index in [1.54, 1.807) is 9.36 Å². The van der Waals surface area contributed by atoms with Gasteiger partial charge >= 0.3 is 18.5 Å². The van der Waals surface area contributed by atoms with Gasteiger partial charge in [0.1, 0.15) is 0 Å². The average molecular weight is 546 g/mol. The second-order valence-electron chi connectivity index (χ2n) is 13.9. The average Bonchev–Trinajstić information content (AvgIpc) is 3.31. The van der Waals surface area contributed by atoms with Crippen LogP contribution < -0.4 is 11.4 Å². The predicted octanol–water partition coefficient (Wildman–Crippen LogP) is 5.95. The molecule has 0 amide bonds. The SMILES string of the molecule is C/C=C1\C2C=CC(n3c(=O)n(-c4ccccc4)c(=O)n32)C1(B1OC(C)(C)C(C)(C)O1)[C@H]1C[C@@H](C)CC[C@@H]1C(C)C. The van der Waals surface area contributed by atoms with Crippen LogP contribution in [0.25, 0.3) is 5.69 Å². The van der Waals surface area contributed by atoms with Crippen LogP contribution in [-0.4, -0.2) is 32.3 Å². The molecule has 3 aliphatic heterocycles. The molecule has 40 heavy (non-hydrogen) atoms. The summed E-state index contributed by atoms with van der Waals surface area (Å²) in [5, 5.41) is -0.637. The maximum Gasteiger partial charge on any atom is 0.471 e. The van der Waals surface area contributed by atoms with Crippen molar-refractivity contribution in [1.29, 1.82) is 0 Å². The van der Waals surface area contributed by atoms with Gasteiger partial charge in [-0.3, -0.25) is 0 Å². The summed E-state index contributed by atoms with van der Waals surface area (Å²) in [7, 11) is -0.562. The largest absolute Gasteiger partial charge is 0.471 e. The Balaban J connectivity index is 1.66. The third kappa shape index (κ3) is 3.57. The molecule has 1 saturated heterocycles. The van der Waals surface area contributed by atoms with E-state index >= 15 is 0 Å². The lowest BCUT2D eigenvalue weighted by Gasteiger charge is -2.58. The van der Waals surface area contributed by atoms with Gasteiger partial charge < -0.3 is 9.31 Å². The highest BCUT2D eigenvalue weighted by molar-refractivity contribution is 6.51. The van der Waals surface area contributed by atoms with E-state index in [0.29, 0.717) is 23.4 Å². The summed E-state index contributed by atoms with van der Waals surface area (Å²) in [5.74, 6) is 1.66. The van der Waals surface area contributed by atoms with Crippen LogP contribution in [0.2, 0.25) is 5.31 Å². The first-order valence-corrected chi connectivity index (χ1v) is 15.1. The van der Waals surface area contributed by atoms with Crippen LogP contribution in [0, 0.1) is 23.7 Å². The molecule has 1 aromatic carbocycles. The van der Waals surface area contributed by atoms with Crippen LogP contribution in [0.15, 0.2) is 63.7 Å². The number of benzene rings is 1. The van der Waals surface area contributed by atoms with E-state index in [4.69, 9.17) is 9.31 Å². The van der Waals surface area contributed by atoms with Gasteiger partial charge in [0, 0.05) is 0 Å². The zero-order chi connectivity index (χ0) is 28.8. The van der Waals surface area contributed by atoms with Gasteiger partial charge in [0.15, 0.2) is 0 Å². The van der Waals surface area contributed by atoms with E-state index in [0.717, 1.165) is 18.4 Å². The van der Waals surface area contributed by atoms with Crippen LogP contribution in [0.4, 0.5) is 0 Å². The first kappa shape index (κ1) is 27.6. The Morgan fingerprint density at radius 2 is 1.57 bits per heavy atom. The second-order valence-corrected chi connectivity index (χ2v) is 13.9. The summed E-state index contributed by atoms with van der Waals surface area (Å²) in [5.41, 5.74) is 0.0406. The number of nitrogens with zero attached hydrogens (tertiary/aromatic N) is 3. The minimum atomic E-state index is -0.637. The summed E-state index contributed by atoms with van der Waals surface area (Å²) < 4.78 is 18.7. The molecule has 2 aromatic rings. The highest BCUT2D eigenvalue weighted by Gasteiger charge is 2.70. The van der Waals surface area contributed by atoms with Crippen molar-refractivity contribution >= 4 is 7.12 Å². The van der Waals surface area contributed by atoms with E-state index in [1.165, 1.54) is 11.0 Å². The van der Waals surface area contributed by atoms with Gasteiger partial charge in [-0.05, 0) is 88.8 Å². The van der Waals surface area contributed by atoms with Gasteiger partial charge in [0.2, 0.25) is 0 Å². The number of fused-ring (bicyclic) bond motifs is 1. The van der Waals surface area contributed by atoms with E-state index in [-0.39, 0.29) is 23.3 Å². The molecule has 4 heterocycles. The minimum absolute atomic E-state index is 0.213. The van der Waals surface area contributed by atoms with Crippen molar-refractivity contribution in [1.82, 2.24) is 13.9 Å². The quantitative estimate of drug-likeness (QED) is 0.352. The van der Waals surface area contributed by atoms with E-state index < -0.39 is 29.7 Å². The standard InChI is InChI=1S/C32H44BN3O4/c1-9-24-26-17-18-27(36-29(38)34(28(37)35(26)36)22-13-11-10-12-14-22)32(24,33-39-30(5,6)31(7,8)40-33)25-19-21(4)15-16-23(25)20(2)3/h9-14,17-18,20-21,23,25-27H,15-16,19H2,1-8H3/b24-9+/t21-,23+,25-,26?,27?,32?/m0/s1. The smallest absolute Gasteiger partial charge is 0.403 e. The molecule has 6 atom stereocenters. The number of rotatable bonds is 4. The zero-order valence-electron chi connectivity index (χ0n) is 25.3. The molecule has 2 aliphatic carbocycles. The van der Waals surface area contributed by atoms with Crippen molar-refractivity contribution in [2.24, 2.45) is 23.7 Å². The fourth-order valence-corrected chi connectivity index (χ4v) is 8.27. The van der Waals surface area contributed by atoms with Crippen LogP contribution in [0.3, 0.4) is 0 Å². The molecular formula is C32H44BN3O4. The monoisotopic (exact) mass is 545 g/mol. The predicted molar refractivity (Wildman–Crippen MR) is 159 cm³/mol. The van der Waals surface area contributed by atoms with E-state index in [1.807, 2.05) is 30.3 Å². The molecule has 1 saturated carbocycles. The Hall–Kier alpha value is -2.58. The van der Waals surface area contributed by atoms with Gasteiger partial charge in [-0.15, -0.1) is 0 Å². The zero-order valence-corrected chi connectivity index (χ0v) is 25.3. The molecule has 2 bridgehead atoms. The van der Waals surface area contributed by atoms with Gasteiger partial charge in [-0.2, -0.15) is 0 Å². The lowest BCUT2D eigenvalue weighted by molar-refractivity contribution is 0.00578. The molecule has 8 heteroatoms. The Labute approximate surface area is 238 Å². The molecule has 214 valence electrons. The minimum Gasteiger partial charge on any atom is -0.403 e. The van der Waals surface area contributed by atoms with Crippen LogP contribution >= 0.6 is 0 Å². The first-order valence-electron chi connectivity index (χ1n) is 15.1. The molecule has 5 aliphatic rings. The topological polar surface area (TPSA) is 67.4 Å². The first-order chi connectivity index (χ1) is 18.9. The normalized spacial score (nSPS) is 35.1. The Morgan fingerprint density at radius 1 is 0.950 bits per heavy atom. The maximum atomic E-state index is 14.3. The van der Waals surface area contributed by atoms with Crippen LogP contribution in [-0.2, 0) is 9.31 Å². The highest BCUT2D eigenvalue weighted by atomic mass is 16.7. The lowest BCUT2D eigenvalue weighted by Crippen LogP contribution is -2.59. The van der Waals surface area contributed by atoms with Gasteiger partial charge in [0.25, 0.3) is 0 Å². The molecule has 0 radical (unpaired) electrons. The molecule has 0 spiro atoms.